The molecular formula is C14H10ClIO2S. The predicted molar refractivity (Wildman–Crippen MR) is 86.1 cm³/mol. The van der Waals surface area contributed by atoms with E-state index in [4.69, 9.17) is 16.7 Å². The van der Waals surface area contributed by atoms with Crippen LogP contribution >= 0.6 is 46.0 Å². The Balaban J connectivity index is 2.21. The summed E-state index contributed by atoms with van der Waals surface area (Å²) in [5.74, 6) is -0.813. The van der Waals surface area contributed by atoms with Gasteiger partial charge in [0, 0.05) is 18.4 Å². The molecule has 0 spiro atoms. The normalized spacial score (nSPS) is 10.4. The molecular weight excluding hydrogens is 395 g/mol. The minimum absolute atomic E-state index is 0.0489. The van der Waals surface area contributed by atoms with Gasteiger partial charge in [0.15, 0.2) is 0 Å². The number of hydrogen-bond acceptors (Lipinski definition) is 2. The fraction of sp³-hybridized carbons (Fsp3) is 0.0714. The molecule has 0 radical (unpaired) electrons. The predicted octanol–water partition coefficient (Wildman–Crippen LogP) is 4.72. The van der Waals surface area contributed by atoms with E-state index in [1.807, 2.05) is 42.5 Å². The largest absolute Gasteiger partial charge is 0.481 e. The van der Waals surface area contributed by atoms with Crippen molar-refractivity contribution < 1.29 is 9.90 Å². The van der Waals surface area contributed by atoms with Crippen molar-refractivity contribution in [2.45, 2.75) is 16.2 Å². The second kappa shape index (κ2) is 6.63. The van der Waals surface area contributed by atoms with Gasteiger partial charge >= 0.3 is 5.97 Å². The van der Waals surface area contributed by atoms with Gasteiger partial charge < -0.3 is 5.11 Å². The van der Waals surface area contributed by atoms with E-state index in [-0.39, 0.29) is 6.42 Å². The Labute approximate surface area is 134 Å². The van der Waals surface area contributed by atoms with E-state index in [2.05, 4.69) is 22.6 Å². The number of carboxylic acid groups (broad SMARTS) is 1. The van der Waals surface area contributed by atoms with Crippen LogP contribution in [-0.2, 0) is 11.2 Å². The second-order valence-corrected chi connectivity index (χ2v) is 6.63. The third-order valence-electron chi connectivity index (χ3n) is 2.41. The average Bonchev–Trinajstić information content (AvgIpc) is 2.36. The molecule has 0 saturated carbocycles. The van der Waals surface area contributed by atoms with Gasteiger partial charge in [-0.2, -0.15) is 0 Å². The maximum atomic E-state index is 10.8. The molecule has 5 heteroatoms. The quantitative estimate of drug-likeness (QED) is 0.749. The highest BCUT2D eigenvalue weighted by atomic mass is 127. The van der Waals surface area contributed by atoms with Crippen LogP contribution in [0.5, 0.6) is 0 Å². The van der Waals surface area contributed by atoms with Gasteiger partial charge in [-0.05, 0) is 70.6 Å². The zero-order chi connectivity index (χ0) is 13.8. The molecule has 2 rings (SSSR count). The number of aliphatic carboxylic acids is 1. The molecule has 2 aromatic rings. The Bertz CT molecular complexity index is 599. The first-order chi connectivity index (χ1) is 9.04. The van der Waals surface area contributed by atoms with Crippen molar-refractivity contribution in [2.75, 3.05) is 0 Å². The van der Waals surface area contributed by atoms with Crippen molar-refractivity contribution in [3.63, 3.8) is 0 Å². The molecule has 0 bridgehead atoms. The lowest BCUT2D eigenvalue weighted by Crippen LogP contribution is -2.01. The third-order valence-corrected chi connectivity index (χ3v) is 4.71. The summed E-state index contributed by atoms with van der Waals surface area (Å²) in [5, 5.41) is 9.58. The van der Waals surface area contributed by atoms with Crippen LogP contribution in [0.2, 0.25) is 5.02 Å². The summed E-state index contributed by atoms with van der Waals surface area (Å²) in [6, 6.07) is 13.4. The fourth-order valence-corrected chi connectivity index (χ4v) is 3.09. The van der Waals surface area contributed by atoms with Gasteiger partial charge in [-0.1, -0.05) is 23.4 Å². The molecule has 0 aromatic heterocycles. The molecule has 1 N–H and O–H groups in total. The van der Waals surface area contributed by atoms with Crippen molar-refractivity contribution in [1.29, 1.82) is 0 Å². The minimum atomic E-state index is -0.813. The van der Waals surface area contributed by atoms with E-state index in [0.29, 0.717) is 5.02 Å². The molecule has 98 valence electrons. The van der Waals surface area contributed by atoms with Crippen molar-refractivity contribution in [3.8, 4) is 0 Å². The van der Waals surface area contributed by atoms with Crippen LogP contribution in [0.15, 0.2) is 52.3 Å². The van der Waals surface area contributed by atoms with Crippen LogP contribution in [0.1, 0.15) is 5.56 Å². The monoisotopic (exact) mass is 404 g/mol. The lowest BCUT2D eigenvalue weighted by Gasteiger charge is -2.06. The Hall–Kier alpha value is -0.720. The van der Waals surface area contributed by atoms with Crippen molar-refractivity contribution in [3.05, 3.63) is 56.6 Å². The standard InChI is InChI=1S/C14H10ClIO2S/c15-10-1-3-11(4-2-10)19-12-5-6-13(16)9(7-12)8-14(17)18/h1-7H,8H2,(H,17,18). The highest BCUT2D eigenvalue weighted by Gasteiger charge is 2.07. The van der Waals surface area contributed by atoms with Crippen molar-refractivity contribution in [1.82, 2.24) is 0 Å². The Morgan fingerprint density at radius 1 is 1.16 bits per heavy atom. The molecule has 0 aliphatic rings. The van der Waals surface area contributed by atoms with Crippen LogP contribution in [0.4, 0.5) is 0 Å². The molecule has 2 aromatic carbocycles. The number of rotatable bonds is 4. The average molecular weight is 405 g/mol. The first kappa shape index (κ1) is 14.7. The van der Waals surface area contributed by atoms with E-state index in [9.17, 15) is 4.79 Å². The maximum Gasteiger partial charge on any atom is 0.307 e. The third kappa shape index (κ3) is 4.40. The van der Waals surface area contributed by atoms with Gasteiger partial charge in [-0.3, -0.25) is 4.79 Å². The minimum Gasteiger partial charge on any atom is -0.481 e. The summed E-state index contributed by atoms with van der Waals surface area (Å²) < 4.78 is 0.973. The Morgan fingerprint density at radius 2 is 1.79 bits per heavy atom. The van der Waals surface area contributed by atoms with Crippen LogP contribution in [0.3, 0.4) is 0 Å². The van der Waals surface area contributed by atoms with Crippen molar-refractivity contribution >= 4 is 51.9 Å². The van der Waals surface area contributed by atoms with E-state index in [1.165, 1.54) is 0 Å². The van der Waals surface area contributed by atoms with E-state index >= 15 is 0 Å². The van der Waals surface area contributed by atoms with Gasteiger partial charge in [-0.25, -0.2) is 0 Å². The number of carbonyl (C=O) groups is 1. The van der Waals surface area contributed by atoms with Gasteiger partial charge in [0.05, 0.1) is 6.42 Å². The van der Waals surface area contributed by atoms with E-state index < -0.39 is 5.97 Å². The number of halogens is 2. The molecule has 0 fully saturated rings. The fourth-order valence-electron chi connectivity index (χ4n) is 1.55. The first-order valence-corrected chi connectivity index (χ1v) is 7.75. The van der Waals surface area contributed by atoms with Gasteiger partial charge in [0.1, 0.15) is 0 Å². The molecule has 0 atom stereocenters. The molecule has 0 amide bonds. The number of benzene rings is 2. The van der Waals surface area contributed by atoms with Gasteiger partial charge in [0.25, 0.3) is 0 Å². The summed E-state index contributed by atoms with van der Waals surface area (Å²) in [6.07, 6.45) is 0.0489. The summed E-state index contributed by atoms with van der Waals surface area (Å²) in [7, 11) is 0. The molecule has 2 nitrogen and oxygen atoms in total. The maximum absolute atomic E-state index is 10.8. The summed E-state index contributed by atoms with van der Waals surface area (Å²) in [6.45, 7) is 0. The molecule has 0 aliphatic carbocycles. The molecule has 0 aliphatic heterocycles. The van der Waals surface area contributed by atoms with E-state index in [0.717, 1.165) is 18.9 Å². The first-order valence-electron chi connectivity index (χ1n) is 5.48. The lowest BCUT2D eigenvalue weighted by atomic mass is 10.2. The summed E-state index contributed by atoms with van der Waals surface area (Å²) >= 11 is 9.59. The zero-order valence-electron chi connectivity index (χ0n) is 9.77. The zero-order valence-corrected chi connectivity index (χ0v) is 13.5. The summed E-state index contributed by atoms with van der Waals surface area (Å²) in [4.78, 5) is 12.9. The topological polar surface area (TPSA) is 37.3 Å². The number of carboxylic acids is 1. The van der Waals surface area contributed by atoms with Gasteiger partial charge in [-0.15, -0.1) is 0 Å². The molecule has 0 unspecified atom stereocenters. The molecule has 0 heterocycles. The molecule has 0 saturated heterocycles. The van der Waals surface area contributed by atoms with Crippen molar-refractivity contribution in [2.24, 2.45) is 0 Å². The lowest BCUT2D eigenvalue weighted by molar-refractivity contribution is -0.136. The van der Waals surface area contributed by atoms with Crippen LogP contribution in [-0.4, -0.2) is 11.1 Å². The number of hydrogen-bond donors (Lipinski definition) is 1. The highest BCUT2D eigenvalue weighted by Crippen LogP contribution is 2.30. The Kier molecular flexibility index (Phi) is 5.13. The van der Waals surface area contributed by atoms with Gasteiger partial charge in [0.2, 0.25) is 0 Å². The second-order valence-electron chi connectivity index (χ2n) is 3.88. The highest BCUT2D eigenvalue weighted by molar-refractivity contribution is 14.1. The smallest absolute Gasteiger partial charge is 0.307 e. The van der Waals surface area contributed by atoms with E-state index in [1.54, 1.807) is 11.8 Å². The van der Waals surface area contributed by atoms with Crippen LogP contribution in [0, 0.1) is 3.57 Å². The SMILES string of the molecule is O=C(O)Cc1cc(Sc2ccc(Cl)cc2)ccc1I. The molecule has 19 heavy (non-hydrogen) atoms. The van der Waals surface area contributed by atoms with Crippen LogP contribution in [0.25, 0.3) is 0 Å². The summed E-state index contributed by atoms with van der Waals surface area (Å²) in [5.41, 5.74) is 0.840. The van der Waals surface area contributed by atoms with Crippen LogP contribution < -0.4 is 0 Å². The Morgan fingerprint density at radius 3 is 2.42 bits per heavy atom.